The molecule has 4 rings (SSSR count). The van der Waals surface area contributed by atoms with Crippen LogP contribution in [0.25, 0.3) is 26.9 Å². The highest BCUT2D eigenvalue weighted by Gasteiger charge is 2.14. The van der Waals surface area contributed by atoms with Gasteiger partial charge in [-0.15, -0.1) is 10.2 Å². The lowest BCUT2D eigenvalue weighted by Gasteiger charge is -2.01. The van der Waals surface area contributed by atoms with Gasteiger partial charge in [-0.2, -0.15) is 9.61 Å². The Morgan fingerprint density at radius 2 is 1.87 bits per heavy atom. The largest absolute Gasteiger partial charge is 0.497 e. The van der Waals surface area contributed by atoms with Gasteiger partial charge in [0.2, 0.25) is 4.96 Å². The quantitative estimate of drug-likeness (QED) is 0.576. The predicted octanol–water partition coefficient (Wildman–Crippen LogP) is 3.67. The Morgan fingerprint density at radius 3 is 2.65 bits per heavy atom. The van der Waals surface area contributed by atoms with Gasteiger partial charge in [0.1, 0.15) is 16.6 Å². The molecule has 5 nitrogen and oxygen atoms in total. The number of aromatic nitrogens is 4. The van der Waals surface area contributed by atoms with Crippen LogP contribution in [0.1, 0.15) is 0 Å². The van der Waals surface area contributed by atoms with Gasteiger partial charge in [0.15, 0.2) is 5.82 Å². The van der Waals surface area contributed by atoms with Crippen molar-refractivity contribution in [1.82, 2.24) is 19.8 Å². The van der Waals surface area contributed by atoms with Crippen molar-refractivity contribution in [2.75, 3.05) is 7.11 Å². The second-order valence-electron chi connectivity index (χ2n) is 4.86. The second kappa shape index (κ2) is 5.44. The van der Waals surface area contributed by atoms with E-state index in [0.29, 0.717) is 10.8 Å². The number of rotatable bonds is 3. The first-order valence-corrected chi connectivity index (χ1v) is 7.69. The summed E-state index contributed by atoms with van der Waals surface area (Å²) in [6, 6.07) is 13.8. The van der Waals surface area contributed by atoms with Crippen molar-refractivity contribution in [1.29, 1.82) is 0 Å². The molecule has 4 aromatic rings. The highest BCUT2D eigenvalue weighted by Crippen LogP contribution is 2.29. The van der Waals surface area contributed by atoms with Gasteiger partial charge in [-0.3, -0.25) is 0 Å². The summed E-state index contributed by atoms with van der Waals surface area (Å²) in [6.07, 6.45) is 0. The van der Waals surface area contributed by atoms with E-state index < -0.39 is 0 Å². The standard InChI is InChI=1S/C16H11FN4OS/c1-22-13-4-2-3-11(9-13)15-20-21-14(18-19-16(21)23-15)10-5-7-12(17)8-6-10/h2-9H,1H3. The normalized spacial score (nSPS) is 11.0. The van der Waals surface area contributed by atoms with Crippen molar-refractivity contribution in [3.8, 4) is 27.7 Å². The van der Waals surface area contributed by atoms with Crippen molar-refractivity contribution >= 4 is 16.3 Å². The van der Waals surface area contributed by atoms with E-state index in [1.165, 1.54) is 23.5 Å². The minimum atomic E-state index is -0.287. The van der Waals surface area contributed by atoms with Crippen molar-refractivity contribution < 1.29 is 9.13 Å². The maximum absolute atomic E-state index is 13.1. The molecule has 2 aromatic carbocycles. The summed E-state index contributed by atoms with van der Waals surface area (Å²) >= 11 is 1.44. The number of nitrogens with zero attached hydrogens (tertiary/aromatic N) is 4. The van der Waals surface area contributed by atoms with E-state index in [1.807, 2.05) is 24.3 Å². The van der Waals surface area contributed by atoms with Crippen molar-refractivity contribution in [3.05, 3.63) is 54.3 Å². The third kappa shape index (κ3) is 2.44. The SMILES string of the molecule is COc1cccc(-c2nn3c(-c4ccc(F)cc4)nnc3s2)c1. The van der Waals surface area contributed by atoms with Gasteiger partial charge >= 0.3 is 0 Å². The zero-order valence-corrected chi connectivity index (χ0v) is 12.9. The molecule has 0 spiro atoms. The number of hydrogen-bond donors (Lipinski definition) is 0. The van der Waals surface area contributed by atoms with Crippen molar-refractivity contribution in [3.63, 3.8) is 0 Å². The highest BCUT2D eigenvalue weighted by atomic mass is 32.1. The van der Waals surface area contributed by atoms with Gasteiger partial charge < -0.3 is 4.74 Å². The first kappa shape index (κ1) is 13.8. The Bertz CT molecular complexity index is 977. The zero-order chi connectivity index (χ0) is 15.8. The minimum absolute atomic E-state index is 0.287. The van der Waals surface area contributed by atoms with Crippen LogP contribution < -0.4 is 4.74 Å². The van der Waals surface area contributed by atoms with Crippen LogP contribution in [0.4, 0.5) is 4.39 Å². The molecule has 0 atom stereocenters. The molecule has 0 bridgehead atoms. The summed E-state index contributed by atoms with van der Waals surface area (Å²) in [5.74, 6) is 1.07. The van der Waals surface area contributed by atoms with E-state index in [2.05, 4.69) is 15.3 Å². The molecule has 0 aliphatic carbocycles. The smallest absolute Gasteiger partial charge is 0.235 e. The van der Waals surface area contributed by atoms with Crippen LogP contribution in [0.2, 0.25) is 0 Å². The fourth-order valence-electron chi connectivity index (χ4n) is 2.27. The number of halogens is 1. The molecular formula is C16H11FN4OS. The topological polar surface area (TPSA) is 52.3 Å². The molecule has 0 fully saturated rings. The summed E-state index contributed by atoms with van der Waals surface area (Å²) in [7, 11) is 1.63. The average molecular weight is 326 g/mol. The molecule has 0 radical (unpaired) electrons. The van der Waals surface area contributed by atoms with Gasteiger partial charge in [0.05, 0.1) is 7.11 Å². The van der Waals surface area contributed by atoms with Crippen LogP contribution >= 0.6 is 11.3 Å². The van der Waals surface area contributed by atoms with E-state index in [4.69, 9.17) is 4.74 Å². The van der Waals surface area contributed by atoms with Crippen LogP contribution in [-0.2, 0) is 0 Å². The van der Waals surface area contributed by atoms with Crippen molar-refractivity contribution in [2.45, 2.75) is 0 Å². The fourth-order valence-corrected chi connectivity index (χ4v) is 3.10. The van der Waals surface area contributed by atoms with Gasteiger partial charge in [-0.1, -0.05) is 23.5 Å². The zero-order valence-electron chi connectivity index (χ0n) is 12.1. The van der Waals surface area contributed by atoms with Crippen LogP contribution in [-0.4, -0.2) is 26.9 Å². The van der Waals surface area contributed by atoms with Crippen LogP contribution in [0.5, 0.6) is 5.75 Å². The minimum Gasteiger partial charge on any atom is -0.497 e. The Morgan fingerprint density at radius 1 is 1.04 bits per heavy atom. The molecule has 0 N–H and O–H groups in total. The monoisotopic (exact) mass is 326 g/mol. The maximum atomic E-state index is 13.1. The van der Waals surface area contributed by atoms with Crippen LogP contribution in [0.15, 0.2) is 48.5 Å². The lowest BCUT2D eigenvalue weighted by molar-refractivity contribution is 0.415. The molecule has 2 aromatic heterocycles. The number of fused-ring (bicyclic) bond motifs is 1. The lowest BCUT2D eigenvalue weighted by Crippen LogP contribution is -1.91. The third-order valence-corrected chi connectivity index (χ3v) is 4.36. The van der Waals surface area contributed by atoms with Gasteiger partial charge in [0.25, 0.3) is 0 Å². The second-order valence-corrected chi connectivity index (χ2v) is 5.82. The van der Waals surface area contributed by atoms with E-state index >= 15 is 0 Å². The molecule has 0 saturated carbocycles. The Hall–Kier alpha value is -2.80. The van der Waals surface area contributed by atoms with Crippen LogP contribution in [0, 0.1) is 5.82 Å². The van der Waals surface area contributed by atoms with E-state index in [1.54, 1.807) is 23.8 Å². The molecule has 23 heavy (non-hydrogen) atoms. The maximum Gasteiger partial charge on any atom is 0.235 e. The van der Waals surface area contributed by atoms with E-state index in [-0.39, 0.29) is 5.82 Å². The lowest BCUT2D eigenvalue weighted by atomic mass is 10.2. The summed E-state index contributed by atoms with van der Waals surface area (Å²) in [5.41, 5.74) is 1.71. The highest BCUT2D eigenvalue weighted by molar-refractivity contribution is 7.19. The molecule has 0 amide bonds. The first-order chi connectivity index (χ1) is 11.2. The van der Waals surface area contributed by atoms with E-state index in [9.17, 15) is 4.39 Å². The summed E-state index contributed by atoms with van der Waals surface area (Å²) in [4.78, 5) is 0.683. The number of hydrogen-bond acceptors (Lipinski definition) is 5. The number of ether oxygens (including phenoxy) is 1. The average Bonchev–Trinajstić information content (AvgIpc) is 3.16. The Labute approximate surface area is 135 Å². The summed E-state index contributed by atoms with van der Waals surface area (Å²) in [5, 5.41) is 13.7. The third-order valence-electron chi connectivity index (χ3n) is 3.41. The molecule has 0 unspecified atom stereocenters. The van der Waals surface area contributed by atoms with Gasteiger partial charge in [-0.25, -0.2) is 4.39 Å². The van der Waals surface area contributed by atoms with Crippen LogP contribution in [0.3, 0.4) is 0 Å². The molecule has 114 valence electrons. The molecule has 0 aliphatic rings. The summed E-state index contributed by atoms with van der Waals surface area (Å²) < 4.78 is 20.0. The Kier molecular flexibility index (Phi) is 3.27. The molecule has 0 saturated heterocycles. The van der Waals surface area contributed by atoms with E-state index in [0.717, 1.165) is 21.9 Å². The molecule has 7 heteroatoms. The summed E-state index contributed by atoms with van der Waals surface area (Å²) in [6.45, 7) is 0. The predicted molar refractivity (Wildman–Crippen MR) is 86.0 cm³/mol. The number of benzene rings is 2. The Balaban J connectivity index is 1.81. The van der Waals surface area contributed by atoms with Gasteiger partial charge in [-0.05, 0) is 36.4 Å². The molecule has 2 heterocycles. The van der Waals surface area contributed by atoms with Gasteiger partial charge in [0, 0.05) is 11.1 Å². The fraction of sp³-hybridized carbons (Fsp3) is 0.0625. The molecular weight excluding hydrogens is 315 g/mol. The van der Waals surface area contributed by atoms with Crippen molar-refractivity contribution in [2.24, 2.45) is 0 Å². The molecule has 0 aliphatic heterocycles. The first-order valence-electron chi connectivity index (χ1n) is 6.87. The number of methoxy groups -OCH3 is 1.